The molecule has 7 heteroatoms. The van der Waals surface area contributed by atoms with Gasteiger partial charge < -0.3 is 5.32 Å². The van der Waals surface area contributed by atoms with Gasteiger partial charge in [0.25, 0.3) is 0 Å². The summed E-state index contributed by atoms with van der Waals surface area (Å²) in [5, 5.41) is 3.93. The lowest BCUT2D eigenvalue weighted by molar-refractivity contribution is -0.121. The number of aromatic nitrogens is 1. The number of halogens is 2. The average molecular weight is 393 g/mol. The molecule has 26 heavy (non-hydrogen) atoms. The van der Waals surface area contributed by atoms with Crippen LogP contribution in [0.3, 0.4) is 0 Å². The van der Waals surface area contributed by atoms with Crippen LogP contribution in [0.15, 0.2) is 42.6 Å². The first-order valence-corrected chi connectivity index (χ1v) is 9.41. The molecule has 2 aromatic rings. The van der Waals surface area contributed by atoms with Gasteiger partial charge in [0, 0.05) is 43.9 Å². The molecule has 0 aliphatic carbocycles. The molecule has 0 saturated carbocycles. The van der Waals surface area contributed by atoms with E-state index in [2.05, 4.69) is 26.2 Å². The van der Waals surface area contributed by atoms with E-state index in [-0.39, 0.29) is 11.9 Å². The Hall–Kier alpha value is -1.66. The summed E-state index contributed by atoms with van der Waals surface area (Å²) in [5.74, 6) is -0.0665. The van der Waals surface area contributed by atoms with Gasteiger partial charge in [-0.15, -0.1) is 0 Å². The fourth-order valence-corrected chi connectivity index (χ4v) is 3.46. The normalized spacial score (nSPS) is 17.0. The van der Waals surface area contributed by atoms with Crippen molar-refractivity contribution in [2.45, 2.75) is 19.5 Å². The molecule has 1 aliphatic rings. The van der Waals surface area contributed by atoms with Crippen LogP contribution in [0.1, 0.15) is 12.5 Å². The molecule has 0 bridgehead atoms. The molecule has 1 aromatic heterocycles. The van der Waals surface area contributed by atoms with Crippen LogP contribution in [0.4, 0.5) is 5.69 Å². The van der Waals surface area contributed by atoms with E-state index in [1.807, 2.05) is 25.1 Å². The minimum atomic E-state index is -0.223. The van der Waals surface area contributed by atoms with Crippen molar-refractivity contribution in [2.75, 3.05) is 31.5 Å². The van der Waals surface area contributed by atoms with Gasteiger partial charge in [0.1, 0.15) is 0 Å². The Morgan fingerprint density at radius 3 is 2.65 bits per heavy atom. The van der Waals surface area contributed by atoms with Gasteiger partial charge in [-0.25, -0.2) is 4.98 Å². The van der Waals surface area contributed by atoms with E-state index in [9.17, 15) is 4.79 Å². The molecule has 1 aliphatic heterocycles. The lowest BCUT2D eigenvalue weighted by Crippen LogP contribution is -2.52. The van der Waals surface area contributed by atoms with E-state index in [1.54, 1.807) is 18.3 Å². The first-order valence-electron chi connectivity index (χ1n) is 8.65. The smallest absolute Gasteiger partial charge is 0.241 e. The Balaban J connectivity index is 1.51. The fraction of sp³-hybridized carbons (Fsp3) is 0.368. The maximum absolute atomic E-state index is 12.5. The van der Waals surface area contributed by atoms with Gasteiger partial charge in [-0.3, -0.25) is 14.6 Å². The second-order valence-electron chi connectivity index (χ2n) is 6.45. The van der Waals surface area contributed by atoms with Crippen molar-refractivity contribution >= 4 is 34.8 Å². The molecule has 2 heterocycles. The predicted octanol–water partition coefficient (Wildman–Crippen LogP) is 3.53. The number of carbonyl (C=O) groups excluding carboxylic acids is 1. The van der Waals surface area contributed by atoms with E-state index in [0.29, 0.717) is 10.8 Å². The summed E-state index contributed by atoms with van der Waals surface area (Å²) in [6.07, 6.45) is 1.60. The summed E-state index contributed by atoms with van der Waals surface area (Å²) < 4.78 is 0. The van der Waals surface area contributed by atoms with E-state index in [0.717, 1.165) is 37.7 Å². The van der Waals surface area contributed by atoms with Gasteiger partial charge in [0.2, 0.25) is 5.91 Å². The topological polar surface area (TPSA) is 48.5 Å². The SMILES string of the molecule is CC(C(=O)Nc1cccnc1Cl)N1CCN(Cc2cccc(Cl)c2)CC1. The summed E-state index contributed by atoms with van der Waals surface area (Å²) in [6, 6.07) is 11.2. The average Bonchev–Trinajstić information content (AvgIpc) is 2.64. The Morgan fingerprint density at radius 1 is 1.19 bits per heavy atom. The van der Waals surface area contributed by atoms with Crippen LogP contribution in [0.25, 0.3) is 0 Å². The number of hydrogen-bond donors (Lipinski definition) is 1. The summed E-state index contributed by atoms with van der Waals surface area (Å²) in [5.41, 5.74) is 1.76. The number of amides is 1. The van der Waals surface area contributed by atoms with E-state index >= 15 is 0 Å². The van der Waals surface area contributed by atoms with Gasteiger partial charge in [0.05, 0.1) is 11.7 Å². The van der Waals surface area contributed by atoms with Crippen LogP contribution >= 0.6 is 23.2 Å². The Bertz CT molecular complexity index is 763. The largest absolute Gasteiger partial charge is 0.322 e. The van der Waals surface area contributed by atoms with Crippen LogP contribution in [0.2, 0.25) is 10.2 Å². The third-order valence-electron chi connectivity index (χ3n) is 4.65. The molecule has 1 amide bonds. The first kappa shape index (κ1) is 19.1. The lowest BCUT2D eigenvalue weighted by atomic mass is 10.1. The standard InChI is InChI=1S/C19H22Cl2N4O/c1-14(19(26)23-17-6-3-7-22-18(17)21)25-10-8-24(9-11-25)13-15-4-2-5-16(20)12-15/h2-7,12,14H,8-11,13H2,1H3,(H,23,26). The van der Waals surface area contributed by atoms with E-state index in [4.69, 9.17) is 23.2 Å². The van der Waals surface area contributed by atoms with Crippen molar-refractivity contribution in [2.24, 2.45) is 0 Å². The maximum Gasteiger partial charge on any atom is 0.241 e. The quantitative estimate of drug-likeness (QED) is 0.790. The van der Waals surface area contributed by atoms with Crippen LogP contribution in [0, 0.1) is 0 Å². The second-order valence-corrected chi connectivity index (χ2v) is 7.24. The van der Waals surface area contributed by atoms with Crippen molar-refractivity contribution in [1.82, 2.24) is 14.8 Å². The number of benzene rings is 1. The highest BCUT2D eigenvalue weighted by atomic mass is 35.5. The number of nitrogens with one attached hydrogen (secondary N) is 1. The Kier molecular flexibility index (Phi) is 6.48. The molecule has 0 radical (unpaired) electrons. The van der Waals surface area contributed by atoms with Gasteiger partial charge in [-0.05, 0) is 36.8 Å². The van der Waals surface area contributed by atoms with Crippen molar-refractivity contribution < 1.29 is 4.79 Å². The Morgan fingerprint density at radius 2 is 1.96 bits per heavy atom. The molecular weight excluding hydrogens is 371 g/mol. The summed E-state index contributed by atoms with van der Waals surface area (Å²) in [4.78, 5) is 21.1. The van der Waals surface area contributed by atoms with E-state index < -0.39 is 0 Å². The van der Waals surface area contributed by atoms with Crippen molar-refractivity contribution in [3.05, 3.63) is 58.3 Å². The predicted molar refractivity (Wildman–Crippen MR) is 106 cm³/mol. The molecule has 1 aromatic carbocycles. The molecule has 3 rings (SSSR count). The van der Waals surface area contributed by atoms with Gasteiger partial charge in [-0.1, -0.05) is 35.3 Å². The summed E-state index contributed by atoms with van der Waals surface area (Å²) in [6.45, 7) is 6.31. The number of hydrogen-bond acceptors (Lipinski definition) is 4. The van der Waals surface area contributed by atoms with Crippen molar-refractivity contribution in [1.29, 1.82) is 0 Å². The third kappa shape index (κ3) is 4.95. The molecule has 1 fully saturated rings. The summed E-state index contributed by atoms with van der Waals surface area (Å²) in [7, 11) is 0. The number of carbonyl (C=O) groups is 1. The highest BCUT2D eigenvalue weighted by Crippen LogP contribution is 2.19. The number of pyridine rings is 1. The van der Waals surface area contributed by atoms with Gasteiger partial charge >= 0.3 is 0 Å². The first-order chi connectivity index (χ1) is 12.5. The Labute approximate surface area is 163 Å². The molecule has 0 spiro atoms. The molecule has 1 N–H and O–H groups in total. The molecule has 1 saturated heterocycles. The highest BCUT2D eigenvalue weighted by Gasteiger charge is 2.26. The van der Waals surface area contributed by atoms with Gasteiger partial charge in [0.15, 0.2) is 5.15 Å². The molecule has 5 nitrogen and oxygen atoms in total. The molecule has 1 atom stereocenters. The zero-order chi connectivity index (χ0) is 18.5. The van der Waals surface area contributed by atoms with Gasteiger partial charge in [-0.2, -0.15) is 0 Å². The monoisotopic (exact) mass is 392 g/mol. The third-order valence-corrected chi connectivity index (χ3v) is 5.18. The second kappa shape index (κ2) is 8.82. The lowest BCUT2D eigenvalue weighted by Gasteiger charge is -2.37. The fourth-order valence-electron chi connectivity index (χ4n) is 3.08. The van der Waals surface area contributed by atoms with E-state index in [1.165, 1.54) is 5.56 Å². The molecule has 1 unspecified atom stereocenters. The highest BCUT2D eigenvalue weighted by molar-refractivity contribution is 6.32. The van der Waals surface area contributed by atoms with Crippen molar-refractivity contribution in [3.8, 4) is 0 Å². The number of nitrogens with zero attached hydrogens (tertiary/aromatic N) is 3. The number of rotatable bonds is 5. The molecule has 138 valence electrons. The van der Waals surface area contributed by atoms with Crippen molar-refractivity contribution in [3.63, 3.8) is 0 Å². The van der Waals surface area contributed by atoms with Crippen LogP contribution in [-0.2, 0) is 11.3 Å². The minimum absolute atomic E-state index is 0.0665. The number of piperazine rings is 1. The number of anilines is 1. The minimum Gasteiger partial charge on any atom is -0.322 e. The summed E-state index contributed by atoms with van der Waals surface area (Å²) >= 11 is 12.1. The zero-order valence-corrected chi connectivity index (χ0v) is 16.2. The molecular formula is C19H22Cl2N4O. The maximum atomic E-state index is 12.5. The zero-order valence-electron chi connectivity index (χ0n) is 14.7. The van der Waals surface area contributed by atoms with Crippen LogP contribution in [-0.4, -0.2) is 52.9 Å². The van der Waals surface area contributed by atoms with Crippen LogP contribution < -0.4 is 5.32 Å². The van der Waals surface area contributed by atoms with Crippen LogP contribution in [0.5, 0.6) is 0 Å².